The number of amides is 4. The molecule has 1 aliphatic heterocycles. The Morgan fingerprint density at radius 2 is 1.44 bits per heavy atom. The first-order valence-electron chi connectivity index (χ1n) is 7.87. The summed E-state index contributed by atoms with van der Waals surface area (Å²) in [6, 6.07) is 2.58. The monoisotopic (exact) mass is 350 g/mol. The highest BCUT2D eigenvalue weighted by molar-refractivity contribution is 6.19. The zero-order valence-corrected chi connectivity index (χ0v) is 14.7. The van der Waals surface area contributed by atoms with Gasteiger partial charge in [0.15, 0.2) is 11.5 Å². The van der Waals surface area contributed by atoms with Gasteiger partial charge in [-0.3, -0.25) is 20.2 Å². The van der Waals surface area contributed by atoms with E-state index in [-0.39, 0.29) is 6.42 Å². The molecule has 0 aromatic heterocycles. The minimum Gasteiger partial charge on any atom is -0.493 e. The molecule has 8 nitrogen and oxygen atoms in total. The molecule has 0 unspecified atom stereocenters. The minimum atomic E-state index is -1.37. The molecular formula is C17H22N2O6. The van der Waals surface area contributed by atoms with Crippen LogP contribution < -0.4 is 24.8 Å². The molecule has 25 heavy (non-hydrogen) atoms. The first kappa shape index (κ1) is 18.6. The van der Waals surface area contributed by atoms with Crippen LogP contribution in [0.5, 0.6) is 17.2 Å². The zero-order valence-electron chi connectivity index (χ0n) is 14.7. The molecule has 1 saturated heterocycles. The predicted octanol–water partition coefficient (Wildman–Crippen LogP) is 1.41. The van der Waals surface area contributed by atoms with Crippen molar-refractivity contribution in [3.63, 3.8) is 0 Å². The van der Waals surface area contributed by atoms with Crippen molar-refractivity contribution < 1.29 is 28.6 Å². The van der Waals surface area contributed by atoms with Crippen LogP contribution in [0, 0.1) is 5.41 Å². The summed E-state index contributed by atoms with van der Waals surface area (Å²) in [5, 5.41) is 4.38. The van der Waals surface area contributed by atoms with Crippen LogP contribution in [0.1, 0.15) is 25.3 Å². The molecule has 2 N–H and O–H groups in total. The van der Waals surface area contributed by atoms with Gasteiger partial charge in [-0.15, -0.1) is 0 Å². The van der Waals surface area contributed by atoms with E-state index in [0.29, 0.717) is 35.7 Å². The quantitative estimate of drug-likeness (QED) is 0.721. The van der Waals surface area contributed by atoms with Crippen molar-refractivity contribution >= 4 is 17.8 Å². The van der Waals surface area contributed by atoms with Crippen LogP contribution in [0.25, 0.3) is 0 Å². The molecule has 0 bridgehead atoms. The molecular weight excluding hydrogens is 328 g/mol. The second kappa shape index (κ2) is 7.42. The number of carbonyl (C=O) groups is 3. The first-order chi connectivity index (χ1) is 11.9. The second-order valence-electron chi connectivity index (χ2n) is 5.78. The maximum absolute atomic E-state index is 12.5. The van der Waals surface area contributed by atoms with Crippen molar-refractivity contribution in [3.05, 3.63) is 17.7 Å². The molecule has 8 heteroatoms. The number of benzene rings is 1. The number of hydrogen-bond donors (Lipinski definition) is 2. The average Bonchev–Trinajstić information content (AvgIpc) is 2.58. The normalized spacial score (nSPS) is 16.1. The van der Waals surface area contributed by atoms with E-state index in [0.717, 1.165) is 0 Å². The van der Waals surface area contributed by atoms with Gasteiger partial charge < -0.3 is 14.2 Å². The third-order valence-electron chi connectivity index (χ3n) is 4.23. The molecule has 0 atom stereocenters. The van der Waals surface area contributed by atoms with E-state index < -0.39 is 23.3 Å². The summed E-state index contributed by atoms with van der Waals surface area (Å²) in [4.78, 5) is 36.4. The zero-order chi connectivity index (χ0) is 18.6. The standard InChI is InChI=1S/C17H22N2O6/c1-5-6-17(14(20)18-16(22)19-15(17)21)9-10-7-11(23-2)13(25-4)12(8-10)24-3/h7-8H,5-6,9H2,1-4H3,(H2,18,19,20,21,22). The fourth-order valence-corrected chi connectivity index (χ4v) is 3.07. The SMILES string of the molecule is CCCC1(Cc2cc(OC)c(OC)c(OC)c2)C(=O)NC(=O)NC1=O. The van der Waals surface area contributed by atoms with Crippen molar-refractivity contribution in [1.29, 1.82) is 0 Å². The van der Waals surface area contributed by atoms with Crippen LogP contribution in [-0.4, -0.2) is 39.2 Å². The maximum Gasteiger partial charge on any atom is 0.328 e. The lowest BCUT2D eigenvalue weighted by molar-refractivity contribution is -0.145. The summed E-state index contributed by atoms with van der Waals surface area (Å²) in [7, 11) is 4.47. The first-order valence-corrected chi connectivity index (χ1v) is 7.87. The molecule has 1 fully saturated rings. The Morgan fingerprint density at radius 3 is 1.84 bits per heavy atom. The number of rotatable bonds is 7. The van der Waals surface area contributed by atoms with E-state index in [9.17, 15) is 14.4 Å². The molecule has 1 aliphatic rings. The molecule has 0 radical (unpaired) electrons. The Kier molecular flexibility index (Phi) is 5.51. The van der Waals surface area contributed by atoms with Gasteiger partial charge in [-0.05, 0) is 30.5 Å². The molecule has 2 rings (SSSR count). The Balaban J connectivity index is 2.48. The van der Waals surface area contributed by atoms with E-state index >= 15 is 0 Å². The van der Waals surface area contributed by atoms with Crippen molar-refractivity contribution in [3.8, 4) is 17.2 Å². The summed E-state index contributed by atoms with van der Waals surface area (Å²) in [5.74, 6) is 0.0760. The number of nitrogens with one attached hydrogen (secondary N) is 2. The fourth-order valence-electron chi connectivity index (χ4n) is 3.07. The van der Waals surface area contributed by atoms with Crippen LogP contribution in [0.3, 0.4) is 0 Å². The molecule has 136 valence electrons. The van der Waals surface area contributed by atoms with Gasteiger partial charge in [0.2, 0.25) is 17.6 Å². The third kappa shape index (κ3) is 3.38. The minimum absolute atomic E-state index is 0.0997. The lowest BCUT2D eigenvalue weighted by atomic mass is 9.75. The topological polar surface area (TPSA) is 103 Å². The number of methoxy groups -OCH3 is 3. The average molecular weight is 350 g/mol. The molecule has 1 heterocycles. The van der Waals surface area contributed by atoms with Gasteiger partial charge >= 0.3 is 6.03 Å². The van der Waals surface area contributed by atoms with E-state index in [4.69, 9.17) is 14.2 Å². The van der Waals surface area contributed by atoms with Crippen molar-refractivity contribution in [2.45, 2.75) is 26.2 Å². The van der Waals surface area contributed by atoms with Crippen molar-refractivity contribution in [2.24, 2.45) is 5.41 Å². The van der Waals surface area contributed by atoms with Crippen molar-refractivity contribution in [2.75, 3.05) is 21.3 Å². The van der Waals surface area contributed by atoms with Gasteiger partial charge in [-0.1, -0.05) is 13.3 Å². The van der Waals surface area contributed by atoms with Crippen LogP contribution in [-0.2, 0) is 16.0 Å². The molecule has 4 amide bonds. The number of hydrogen-bond acceptors (Lipinski definition) is 6. The highest BCUT2D eigenvalue weighted by Crippen LogP contribution is 2.41. The molecule has 0 aliphatic carbocycles. The highest BCUT2D eigenvalue weighted by Gasteiger charge is 2.49. The van der Waals surface area contributed by atoms with Gasteiger partial charge in [-0.2, -0.15) is 0 Å². The van der Waals surface area contributed by atoms with E-state index in [1.54, 1.807) is 12.1 Å². The van der Waals surface area contributed by atoms with Gasteiger partial charge in [0.05, 0.1) is 21.3 Å². The highest BCUT2D eigenvalue weighted by atomic mass is 16.5. The summed E-state index contributed by atoms with van der Waals surface area (Å²) in [5.41, 5.74) is -0.713. The van der Waals surface area contributed by atoms with Gasteiger partial charge in [0.25, 0.3) is 0 Å². The number of carbonyl (C=O) groups excluding carboxylic acids is 3. The summed E-state index contributed by atoms with van der Waals surface area (Å²) in [6.07, 6.45) is 0.997. The lowest BCUT2D eigenvalue weighted by Crippen LogP contribution is -2.63. The Bertz CT molecular complexity index is 655. The largest absolute Gasteiger partial charge is 0.493 e. The van der Waals surface area contributed by atoms with E-state index in [1.165, 1.54) is 21.3 Å². The summed E-state index contributed by atoms with van der Waals surface area (Å²) < 4.78 is 15.9. The van der Waals surface area contributed by atoms with Gasteiger partial charge in [-0.25, -0.2) is 4.79 Å². The van der Waals surface area contributed by atoms with E-state index in [1.807, 2.05) is 6.92 Å². The smallest absolute Gasteiger partial charge is 0.328 e. The molecule has 0 spiro atoms. The Labute approximate surface area is 145 Å². The van der Waals surface area contributed by atoms with Crippen LogP contribution in [0.2, 0.25) is 0 Å². The summed E-state index contributed by atoms with van der Waals surface area (Å²) in [6.45, 7) is 1.87. The number of barbiturate groups is 1. The van der Waals surface area contributed by atoms with Crippen molar-refractivity contribution in [1.82, 2.24) is 10.6 Å². The maximum atomic E-state index is 12.5. The Morgan fingerprint density at radius 1 is 0.920 bits per heavy atom. The predicted molar refractivity (Wildman–Crippen MR) is 88.8 cm³/mol. The van der Waals surface area contributed by atoms with E-state index in [2.05, 4.69) is 10.6 Å². The van der Waals surface area contributed by atoms with Crippen LogP contribution in [0.4, 0.5) is 4.79 Å². The number of imide groups is 2. The van der Waals surface area contributed by atoms with Crippen LogP contribution >= 0.6 is 0 Å². The fraction of sp³-hybridized carbons (Fsp3) is 0.471. The summed E-state index contributed by atoms with van der Waals surface area (Å²) >= 11 is 0. The lowest BCUT2D eigenvalue weighted by Gasteiger charge is -2.34. The Hall–Kier alpha value is -2.77. The molecule has 1 aromatic carbocycles. The molecule has 0 saturated carbocycles. The second-order valence-corrected chi connectivity index (χ2v) is 5.78. The van der Waals surface area contributed by atoms with Gasteiger partial charge in [0.1, 0.15) is 5.41 Å². The molecule has 1 aromatic rings. The number of urea groups is 1. The van der Waals surface area contributed by atoms with Gasteiger partial charge in [0, 0.05) is 0 Å². The van der Waals surface area contributed by atoms with Crippen LogP contribution in [0.15, 0.2) is 12.1 Å². The number of ether oxygens (including phenoxy) is 3. The third-order valence-corrected chi connectivity index (χ3v) is 4.23.